The Hall–Kier alpha value is -0.870. The predicted molar refractivity (Wildman–Crippen MR) is 43.7 cm³/mol. The maximum Gasteiger partial charge on any atom is 0.303 e. The van der Waals surface area contributed by atoms with Crippen LogP contribution in [0.3, 0.4) is 0 Å². The third kappa shape index (κ3) is 5.88. The molecule has 0 spiro atoms. The van der Waals surface area contributed by atoms with E-state index in [4.69, 9.17) is 14.6 Å². The monoisotopic (exact) mass is 174 g/mol. The highest BCUT2D eigenvalue weighted by Gasteiger charge is 2.09. The van der Waals surface area contributed by atoms with E-state index in [2.05, 4.69) is 6.58 Å². The van der Waals surface area contributed by atoms with Crippen LogP contribution in [0.5, 0.6) is 0 Å². The number of ether oxygens (including phenoxy) is 2. The summed E-state index contributed by atoms with van der Waals surface area (Å²) in [6.45, 7) is 5.09. The molecule has 12 heavy (non-hydrogen) atoms. The maximum atomic E-state index is 10.4. The van der Waals surface area contributed by atoms with Gasteiger partial charge in [0.05, 0.1) is 19.8 Å². The molecular weight excluding hydrogens is 160 g/mol. The molecule has 0 aliphatic carbocycles. The first kappa shape index (κ1) is 11.1. The second-order valence-corrected chi connectivity index (χ2v) is 2.24. The highest BCUT2D eigenvalue weighted by atomic mass is 16.6. The molecule has 0 fully saturated rings. The molecule has 0 saturated carbocycles. The standard InChI is InChI=1S/C8H14O4/c1-3-4-11-6-8(5-9)12-7(2)10/h3,8-9H,1,4-6H2,2H3/t8-/m0/s1. The minimum Gasteiger partial charge on any atom is -0.458 e. The molecule has 0 aliphatic rings. The molecule has 0 radical (unpaired) electrons. The molecule has 0 aromatic rings. The van der Waals surface area contributed by atoms with Crippen LogP contribution >= 0.6 is 0 Å². The first-order chi connectivity index (χ1) is 5.70. The minimum absolute atomic E-state index is 0.197. The van der Waals surface area contributed by atoms with Crippen LogP contribution in [0.4, 0.5) is 0 Å². The van der Waals surface area contributed by atoms with Gasteiger partial charge >= 0.3 is 5.97 Å². The molecular formula is C8H14O4. The van der Waals surface area contributed by atoms with E-state index in [1.165, 1.54) is 6.92 Å². The zero-order chi connectivity index (χ0) is 9.40. The molecule has 0 rings (SSSR count). The fraction of sp³-hybridized carbons (Fsp3) is 0.625. The third-order valence-corrected chi connectivity index (χ3v) is 1.08. The van der Waals surface area contributed by atoms with Gasteiger partial charge in [-0.2, -0.15) is 0 Å². The van der Waals surface area contributed by atoms with Crippen LogP contribution in [0.15, 0.2) is 12.7 Å². The van der Waals surface area contributed by atoms with Gasteiger partial charge in [0, 0.05) is 6.92 Å². The van der Waals surface area contributed by atoms with Crippen molar-refractivity contribution in [2.75, 3.05) is 19.8 Å². The summed E-state index contributed by atoms with van der Waals surface area (Å²) >= 11 is 0. The summed E-state index contributed by atoms with van der Waals surface area (Å²) in [5, 5.41) is 8.69. The van der Waals surface area contributed by atoms with E-state index in [0.717, 1.165) is 0 Å². The smallest absolute Gasteiger partial charge is 0.303 e. The summed E-state index contributed by atoms with van der Waals surface area (Å²) < 4.78 is 9.68. The minimum atomic E-state index is -0.567. The van der Waals surface area contributed by atoms with Gasteiger partial charge < -0.3 is 14.6 Å². The number of hydrogen-bond donors (Lipinski definition) is 1. The fourth-order valence-corrected chi connectivity index (χ4v) is 0.642. The van der Waals surface area contributed by atoms with Crippen LogP contribution in [0.2, 0.25) is 0 Å². The third-order valence-electron chi connectivity index (χ3n) is 1.08. The highest BCUT2D eigenvalue weighted by Crippen LogP contribution is 1.93. The normalized spacial score (nSPS) is 12.2. The van der Waals surface area contributed by atoms with Crippen molar-refractivity contribution in [1.82, 2.24) is 0 Å². The Morgan fingerprint density at radius 2 is 2.42 bits per heavy atom. The van der Waals surface area contributed by atoms with Crippen LogP contribution in [-0.2, 0) is 14.3 Å². The topological polar surface area (TPSA) is 55.8 Å². The zero-order valence-corrected chi connectivity index (χ0v) is 7.16. The lowest BCUT2D eigenvalue weighted by atomic mass is 10.4. The summed E-state index contributed by atoms with van der Waals surface area (Å²) in [7, 11) is 0. The summed E-state index contributed by atoms with van der Waals surface area (Å²) in [5.41, 5.74) is 0. The SMILES string of the molecule is C=CCOC[C@H](CO)OC(C)=O. The maximum absolute atomic E-state index is 10.4. The second kappa shape index (κ2) is 6.82. The molecule has 0 aromatic heterocycles. The molecule has 0 aromatic carbocycles. The van der Waals surface area contributed by atoms with Crippen LogP contribution in [0, 0.1) is 0 Å². The van der Waals surface area contributed by atoms with Gasteiger partial charge in [0.1, 0.15) is 6.10 Å². The molecule has 70 valence electrons. The van der Waals surface area contributed by atoms with Gasteiger partial charge in [0.15, 0.2) is 0 Å². The molecule has 0 unspecified atom stereocenters. The largest absolute Gasteiger partial charge is 0.458 e. The van der Waals surface area contributed by atoms with Gasteiger partial charge in [-0.05, 0) is 0 Å². The van der Waals surface area contributed by atoms with E-state index < -0.39 is 12.1 Å². The van der Waals surface area contributed by atoms with E-state index in [9.17, 15) is 4.79 Å². The summed E-state index contributed by atoms with van der Waals surface area (Å²) in [6.07, 6.45) is 1.02. The summed E-state index contributed by atoms with van der Waals surface area (Å²) in [4.78, 5) is 10.4. The Balaban J connectivity index is 3.52. The quantitative estimate of drug-likeness (QED) is 0.353. The molecule has 0 aliphatic heterocycles. The molecule has 1 atom stereocenters. The van der Waals surface area contributed by atoms with Gasteiger partial charge in [0.25, 0.3) is 0 Å². The fourth-order valence-electron chi connectivity index (χ4n) is 0.642. The van der Waals surface area contributed by atoms with Gasteiger partial charge in [0.2, 0.25) is 0 Å². The Kier molecular flexibility index (Phi) is 6.32. The predicted octanol–water partition coefficient (Wildman–Crippen LogP) is 0.113. The van der Waals surface area contributed by atoms with Crippen molar-refractivity contribution >= 4 is 5.97 Å². The van der Waals surface area contributed by atoms with E-state index >= 15 is 0 Å². The van der Waals surface area contributed by atoms with Crippen molar-refractivity contribution in [3.8, 4) is 0 Å². The number of esters is 1. The molecule has 0 saturated heterocycles. The van der Waals surface area contributed by atoms with Crippen molar-refractivity contribution < 1.29 is 19.4 Å². The average Bonchev–Trinajstić information content (AvgIpc) is 2.02. The van der Waals surface area contributed by atoms with Crippen LogP contribution in [0.25, 0.3) is 0 Å². The zero-order valence-electron chi connectivity index (χ0n) is 7.16. The van der Waals surface area contributed by atoms with E-state index in [1.54, 1.807) is 6.08 Å². The van der Waals surface area contributed by atoms with Crippen LogP contribution < -0.4 is 0 Å². The van der Waals surface area contributed by atoms with Gasteiger partial charge in [-0.3, -0.25) is 4.79 Å². The summed E-state index contributed by atoms with van der Waals surface area (Å²) in [5.74, 6) is -0.420. The van der Waals surface area contributed by atoms with Gasteiger partial charge in [-0.25, -0.2) is 0 Å². The average molecular weight is 174 g/mol. The Morgan fingerprint density at radius 3 is 2.83 bits per heavy atom. The van der Waals surface area contributed by atoms with Crippen LogP contribution in [-0.4, -0.2) is 37.0 Å². The summed E-state index contributed by atoms with van der Waals surface area (Å²) in [6, 6.07) is 0. The van der Waals surface area contributed by atoms with E-state index in [1.807, 2.05) is 0 Å². The lowest BCUT2D eigenvalue weighted by molar-refractivity contribution is -0.151. The Labute approximate surface area is 71.8 Å². The van der Waals surface area contributed by atoms with Crippen molar-refractivity contribution in [1.29, 1.82) is 0 Å². The molecule has 4 nitrogen and oxygen atoms in total. The van der Waals surface area contributed by atoms with E-state index in [-0.39, 0.29) is 13.2 Å². The van der Waals surface area contributed by atoms with Crippen molar-refractivity contribution in [3.05, 3.63) is 12.7 Å². The van der Waals surface area contributed by atoms with E-state index in [0.29, 0.717) is 6.61 Å². The molecule has 0 bridgehead atoms. The lowest BCUT2D eigenvalue weighted by Crippen LogP contribution is -2.26. The lowest BCUT2D eigenvalue weighted by Gasteiger charge is -2.13. The number of aliphatic hydroxyl groups is 1. The van der Waals surface area contributed by atoms with Crippen molar-refractivity contribution in [2.45, 2.75) is 13.0 Å². The van der Waals surface area contributed by atoms with Crippen molar-refractivity contribution in [3.63, 3.8) is 0 Å². The first-order valence-electron chi connectivity index (χ1n) is 3.67. The number of rotatable bonds is 6. The molecule has 1 N–H and O–H groups in total. The van der Waals surface area contributed by atoms with Crippen molar-refractivity contribution in [2.24, 2.45) is 0 Å². The number of carbonyl (C=O) groups is 1. The second-order valence-electron chi connectivity index (χ2n) is 2.24. The number of hydrogen-bond acceptors (Lipinski definition) is 4. The Morgan fingerprint density at radius 1 is 1.75 bits per heavy atom. The Bertz CT molecular complexity index is 144. The first-order valence-corrected chi connectivity index (χ1v) is 3.67. The van der Waals surface area contributed by atoms with Crippen LogP contribution in [0.1, 0.15) is 6.92 Å². The molecule has 0 heterocycles. The van der Waals surface area contributed by atoms with Gasteiger partial charge in [-0.1, -0.05) is 6.08 Å². The van der Waals surface area contributed by atoms with Gasteiger partial charge in [-0.15, -0.1) is 6.58 Å². The number of carbonyl (C=O) groups excluding carboxylic acids is 1. The molecule has 4 heteroatoms. The highest BCUT2D eigenvalue weighted by molar-refractivity contribution is 5.66. The number of aliphatic hydroxyl groups excluding tert-OH is 1. The molecule has 0 amide bonds.